The lowest BCUT2D eigenvalue weighted by atomic mass is 9.71. The average Bonchev–Trinajstić information content (AvgIpc) is 3.01. The van der Waals surface area contributed by atoms with Gasteiger partial charge in [-0.15, -0.1) is 0 Å². The molecule has 5 nitrogen and oxygen atoms in total. The van der Waals surface area contributed by atoms with Crippen LogP contribution in [0.3, 0.4) is 0 Å². The number of amides is 1. The van der Waals surface area contributed by atoms with Crippen LogP contribution in [0.1, 0.15) is 55.8 Å². The maximum absolute atomic E-state index is 12.6. The maximum atomic E-state index is 12.6. The van der Waals surface area contributed by atoms with Crippen LogP contribution in [0.5, 0.6) is 0 Å². The second kappa shape index (κ2) is 4.88. The predicted molar refractivity (Wildman–Crippen MR) is 73.3 cm³/mol. The predicted octanol–water partition coefficient (Wildman–Crippen LogP) is 2.00. The van der Waals surface area contributed by atoms with E-state index in [1.807, 2.05) is 11.8 Å². The summed E-state index contributed by atoms with van der Waals surface area (Å²) in [5, 5.41) is 13.8. The van der Waals surface area contributed by atoms with Crippen LogP contribution in [0.25, 0.3) is 0 Å². The first-order valence-electron chi connectivity index (χ1n) is 7.48. The molecule has 2 fully saturated rings. The molecule has 110 valence electrons. The van der Waals surface area contributed by atoms with E-state index in [1.165, 1.54) is 0 Å². The Morgan fingerprint density at radius 1 is 1.60 bits per heavy atom. The van der Waals surface area contributed by atoms with Crippen LogP contribution in [0.4, 0.5) is 0 Å². The number of aliphatic hydroxyl groups is 1. The molecule has 0 bridgehead atoms. The molecule has 0 unspecified atom stereocenters. The van der Waals surface area contributed by atoms with Crippen LogP contribution >= 0.6 is 0 Å². The monoisotopic (exact) mass is 278 g/mol. The summed E-state index contributed by atoms with van der Waals surface area (Å²) in [7, 11) is 0. The van der Waals surface area contributed by atoms with Gasteiger partial charge < -0.3 is 14.5 Å². The van der Waals surface area contributed by atoms with Gasteiger partial charge in [-0.05, 0) is 31.1 Å². The molecule has 1 aliphatic carbocycles. The smallest absolute Gasteiger partial charge is 0.276 e. The Morgan fingerprint density at radius 2 is 2.40 bits per heavy atom. The highest BCUT2D eigenvalue weighted by Gasteiger charge is 2.49. The molecule has 2 aliphatic rings. The van der Waals surface area contributed by atoms with Gasteiger partial charge in [0.05, 0.1) is 6.10 Å². The van der Waals surface area contributed by atoms with E-state index in [4.69, 9.17) is 4.52 Å². The molecule has 1 aromatic heterocycles. The lowest BCUT2D eigenvalue weighted by Gasteiger charge is -2.41. The van der Waals surface area contributed by atoms with Crippen molar-refractivity contribution in [1.29, 1.82) is 0 Å². The van der Waals surface area contributed by atoms with Crippen molar-refractivity contribution in [1.82, 2.24) is 10.1 Å². The van der Waals surface area contributed by atoms with E-state index >= 15 is 0 Å². The highest BCUT2D eigenvalue weighted by atomic mass is 16.5. The van der Waals surface area contributed by atoms with Crippen molar-refractivity contribution in [2.24, 2.45) is 5.41 Å². The number of carbonyl (C=O) groups is 1. The van der Waals surface area contributed by atoms with E-state index in [9.17, 15) is 9.90 Å². The van der Waals surface area contributed by atoms with Gasteiger partial charge in [0.1, 0.15) is 5.76 Å². The summed E-state index contributed by atoms with van der Waals surface area (Å²) in [5.74, 6) is 0.716. The van der Waals surface area contributed by atoms with Crippen LogP contribution < -0.4 is 0 Å². The Bertz CT molecular complexity index is 513. The summed E-state index contributed by atoms with van der Waals surface area (Å²) in [6.07, 6.45) is 3.93. The summed E-state index contributed by atoms with van der Waals surface area (Å²) < 4.78 is 5.14. The van der Waals surface area contributed by atoms with Crippen LogP contribution in [-0.4, -0.2) is 39.8 Å². The molecule has 0 radical (unpaired) electrons. The van der Waals surface area contributed by atoms with Gasteiger partial charge in [0, 0.05) is 25.1 Å². The van der Waals surface area contributed by atoms with E-state index < -0.39 is 0 Å². The first kappa shape index (κ1) is 13.6. The Kier molecular flexibility index (Phi) is 3.32. The molecular weight excluding hydrogens is 256 g/mol. The Morgan fingerprint density at radius 3 is 3.10 bits per heavy atom. The number of nitrogens with zero attached hydrogens (tertiary/aromatic N) is 2. The number of hydrogen-bond donors (Lipinski definition) is 1. The zero-order chi connectivity index (χ0) is 14.3. The molecule has 3 rings (SSSR count). The van der Waals surface area contributed by atoms with Gasteiger partial charge in [0.25, 0.3) is 5.91 Å². The van der Waals surface area contributed by atoms with E-state index in [2.05, 4.69) is 12.1 Å². The number of aromatic nitrogens is 1. The molecule has 3 atom stereocenters. The topological polar surface area (TPSA) is 66.6 Å². The Balaban J connectivity index is 1.79. The number of aliphatic hydroxyl groups excluding tert-OH is 1. The van der Waals surface area contributed by atoms with E-state index in [0.29, 0.717) is 5.69 Å². The SMILES string of the molecule is CCc1cc(C(=O)N2CC[C@@]3(C)C[C@H](O)CC[C@@H]23)no1. The van der Waals surface area contributed by atoms with Crippen molar-refractivity contribution in [2.75, 3.05) is 6.54 Å². The molecule has 5 heteroatoms. The van der Waals surface area contributed by atoms with Crippen molar-refractivity contribution in [3.05, 3.63) is 17.5 Å². The van der Waals surface area contributed by atoms with E-state index in [1.54, 1.807) is 6.07 Å². The highest BCUT2D eigenvalue weighted by molar-refractivity contribution is 5.92. The Labute approximate surface area is 118 Å². The molecule has 20 heavy (non-hydrogen) atoms. The average molecular weight is 278 g/mol. The number of hydrogen-bond acceptors (Lipinski definition) is 4. The second-order valence-corrected chi connectivity index (χ2v) is 6.39. The van der Waals surface area contributed by atoms with Crippen LogP contribution in [-0.2, 0) is 6.42 Å². The third-order valence-electron chi connectivity index (χ3n) is 4.97. The highest BCUT2D eigenvalue weighted by Crippen LogP contribution is 2.46. The van der Waals surface area contributed by atoms with E-state index in [-0.39, 0.29) is 23.5 Å². The summed E-state index contributed by atoms with van der Waals surface area (Å²) in [4.78, 5) is 14.5. The van der Waals surface area contributed by atoms with Gasteiger partial charge in [0.15, 0.2) is 5.69 Å². The van der Waals surface area contributed by atoms with Crippen molar-refractivity contribution >= 4 is 5.91 Å². The zero-order valence-electron chi connectivity index (χ0n) is 12.1. The molecule has 1 saturated heterocycles. The minimum absolute atomic E-state index is 0.0291. The fourth-order valence-electron chi connectivity index (χ4n) is 3.78. The van der Waals surface area contributed by atoms with Crippen LogP contribution in [0.2, 0.25) is 0 Å². The van der Waals surface area contributed by atoms with Gasteiger partial charge >= 0.3 is 0 Å². The molecule has 0 spiro atoms. The van der Waals surface area contributed by atoms with Gasteiger partial charge in [-0.2, -0.15) is 0 Å². The van der Waals surface area contributed by atoms with Crippen LogP contribution in [0, 0.1) is 5.41 Å². The first-order valence-corrected chi connectivity index (χ1v) is 7.48. The number of aryl methyl sites for hydroxylation is 1. The normalized spacial score (nSPS) is 33.2. The summed E-state index contributed by atoms with van der Waals surface area (Å²) >= 11 is 0. The van der Waals surface area contributed by atoms with Crippen LogP contribution in [0.15, 0.2) is 10.6 Å². The zero-order valence-corrected chi connectivity index (χ0v) is 12.1. The third kappa shape index (κ3) is 2.14. The maximum Gasteiger partial charge on any atom is 0.276 e. The van der Waals surface area contributed by atoms with E-state index in [0.717, 1.165) is 44.4 Å². The van der Waals surface area contributed by atoms with Gasteiger partial charge in [-0.3, -0.25) is 4.79 Å². The molecule has 1 saturated carbocycles. The number of likely N-dealkylation sites (tertiary alicyclic amines) is 1. The quantitative estimate of drug-likeness (QED) is 0.898. The number of carbonyl (C=O) groups excluding carboxylic acids is 1. The van der Waals surface area contributed by atoms with Gasteiger partial charge in [-0.25, -0.2) is 0 Å². The number of rotatable bonds is 2. The standard InChI is InChI=1S/C15H22N2O3/c1-3-11-8-12(16-20-11)14(19)17-7-6-15(2)9-10(18)4-5-13(15)17/h8,10,13,18H,3-7,9H2,1-2H3/t10-,13-,15+/m1/s1. The van der Waals surface area contributed by atoms with Gasteiger partial charge in [-0.1, -0.05) is 19.0 Å². The Hall–Kier alpha value is -1.36. The summed E-state index contributed by atoms with van der Waals surface area (Å²) in [6.45, 7) is 4.92. The van der Waals surface area contributed by atoms with Crippen molar-refractivity contribution < 1.29 is 14.4 Å². The van der Waals surface area contributed by atoms with Crippen molar-refractivity contribution in [2.45, 2.75) is 58.1 Å². The third-order valence-corrected chi connectivity index (χ3v) is 4.97. The minimum atomic E-state index is -0.218. The summed E-state index contributed by atoms with van der Waals surface area (Å²) in [5.41, 5.74) is 0.460. The van der Waals surface area contributed by atoms with Gasteiger partial charge in [0.2, 0.25) is 0 Å². The molecule has 2 heterocycles. The van der Waals surface area contributed by atoms with Crippen molar-refractivity contribution in [3.8, 4) is 0 Å². The largest absolute Gasteiger partial charge is 0.393 e. The lowest BCUT2D eigenvalue weighted by molar-refractivity contribution is 0.0207. The molecular formula is C15H22N2O3. The molecule has 1 aromatic rings. The van der Waals surface area contributed by atoms with Crippen molar-refractivity contribution in [3.63, 3.8) is 0 Å². The first-order chi connectivity index (χ1) is 9.53. The minimum Gasteiger partial charge on any atom is -0.393 e. The summed E-state index contributed by atoms with van der Waals surface area (Å²) in [6, 6.07) is 1.97. The number of fused-ring (bicyclic) bond motifs is 1. The molecule has 1 N–H and O–H groups in total. The fourth-order valence-corrected chi connectivity index (χ4v) is 3.78. The fraction of sp³-hybridized carbons (Fsp3) is 0.733. The lowest BCUT2D eigenvalue weighted by Crippen LogP contribution is -2.46. The second-order valence-electron chi connectivity index (χ2n) is 6.39. The molecule has 0 aromatic carbocycles. The molecule has 1 aliphatic heterocycles. The molecule has 1 amide bonds.